The summed E-state index contributed by atoms with van der Waals surface area (Å²) in [6.07, 6.45) is 8.28. The molecule has 0 radical (unpaired) electrons. The summed E-state index contributed by atoms with van der Waals surface area (Å²) in [5, 5.41) is 6.30. The number of hydrogen-bond acceptors (Lipinski definition) is 4. The SMILES string of the molecule is CC[C@H](C)N1C(=O)[C@@H]2[C@H](C(=O)Nc3ccc(C(C)C)cc3)[C@@H]3C=C[C@@]2(O3)[C@@H]1C(=O)N[C@@H]1CCCC[C@H]1C. The molecule has 3 fully saturated rings. The number of ether oxygens (including phenoxy) is 1. The van der Waals surface area contributed by atoms with Gasteiger partial charge in [0.05, 0.1) is 17.9 Å². The lowest BCUT2D eigenvalue weighted by Crippen LogP contribution is -2.58. The van der Waals surface area contributed by atoms with Crippen molar-refractivity contribution in [2.75, 3.05) is 5.32 Å². The molecular formula is C30H41N3O4. The lowest BCUT2D eigenvalue weighted by molar-refractivity contribution is -0.143. The van der Waals surface area contributed by atoms with E-state index in [2.05, 4.69) is 31.4 Å². The Morgan fingerprint density at radius 1 is 1.11 bits per heavy atom. The summed E-state index contributed by atoms with van der Waals surface area (Å²) >= 11 is 0. The fourth-order valence-corrected chi connectivity index (χ4v) is 6.85. The van der Waals surface area contributed by atoms with Crippen LogP contribution in [0.4, 0.5) is 5.69 Å². The molecule has 5 rings (SSSR count). The second-order valence-electron chi connectivity index (χ2n) is 11.8. The number of rotatable bonds is 7. The minimum Gasteiger partial charge on any atom is -0.359 e. The van der Waals surface area contributed by atoms with Crippen LogP contribution in [0.3, 0.4) is 0 Å². The number of carbonyl (C=O) groups is 3. The van der Waals surface area contributed by atoms with E-state index in [1.54, 1.807) is 4.90 Å². The Morgan fingerprint density at radius 3 is 2.46 bits per heavy atom. The van der Waals surface area contributed by atoms with Crippen LogP contribution in [0.2, 0.25) is 0 Å². The molecule has 0 unspecified atom stereocenters. The standard InChI is InChI=1S/C30H41N3O4/c1-6-19(5)33-26(28(35)32-22-10-8-7-9-18(22)4)30-16-15-23(37-30)24(25(30)29(33)36)27(34)31-21-13-11-20(12-14-21)17(2)3/h11-19,22-26H,6-10H2,1-5H3,(H,31,34)(H,32,35)/t18-,19+,22-,23+,24-,25+,26+,30+/m1/s1. The van der Waals surface area contributed by atoms with Crippen molar-refractivity contribution in [3.05, 3.63) is 42.0 Å². The van der Waals surface area contributed by atoms with E-state index in [9.17, 15) is 14.4 Å². The molecule has 1 aromatic rings. The predicted molar refractivity (Wildman–Crippen MR) is 143 cm³/mol. The largest absolute Gasteiger partial charge is 0.359 e. The summed E-state index contributed by atoms with van der Waals surface area (Å²) in [4.78, 5) is 43.2. The first-order chi connectivity index (χ1) is 17.7. The van der Waals surface area contributed by atoms with Gasteiger partial charge in [0.15, 0.2) is 0 Å². The third-order valence-electron chi connectivity index (χ3n) is 9.21. The highest BCUT2D eigenvalue weighted by Crippen LogP contribution is 2.55. The first-order valence-electron chi connectivity index (χ1n) is 14.1. The number of nitrogens with zero attached hydrogens (tertiary/aromatic N) is 1. The van der Waals surface area contributed by atoms with Crippen LogP contribution in [0.1, 0.15) is 78.2 Å². The summed E-state index contributed by atoms with van der Waals surface area (Å²) < 4.78 is 6.46. The van der Waals surface area contributed by atoms with E-state index < -0.39 is 29.6 Å². The first-order valence-corrected chi connectivity index (χ1v) is 14.1. The highest BCUT2D eigenvalue weighted by molar-refractivity contribution is 6.03. The smallest absolute Gasteiger partial charge is 0.246 e. The molecule has 3 amide bonds. The maximum absolute atomic E-state index is 14.0. The minimum absolute atomic E-state index is 0.0982. The van der Waals surface area contributed by atoms with Gasteiger partial charge < -0.3 is 20.3 Å². The van der Waals surface area contributed by atoms with Crippen LogP contribution in [0.15, 0.2) is 36.4 Å². The van der Waals surface area contributed by atoms with Gasteiger partial charge in [0.1, 0.15) is 11.6 Å². The van der Waals surface area contributed by atoms with Gasteiger partial charge in [0.25, 0.3) is 0 Å². The maximum atomic E-state index is 14.0. The predicted octanol–water partition coefficient (Wildman–Crippen LogP) is 4.39. The Hall–Kier alpha value is -2.67. The van der Waals surface area contributed by atoms with Crippen molar-refractivity contribution in [3.63, 3.8) is 0 Å². The van der Waals surface area contributed by atoms with E-state index >= 15 is 0 Å². The number of benzene rings is 1. The maximum Gasteiger partial charge on any atom is 0.246 e. The number of hydrogen-bond donors (Lipinski definition) is 2. The summed E-state index contributed by atoms with van der Waals surface area (Å²) in [6.45, 7) is 10.4. The third kappa shape index (κ3) is 4.29. The van der Waals surface area contributed by atoms with E-state index in [4.69, 9.17) is 4.74 Å². The van der Waals surface area contributed by atoms with E-state index in [-0.39, 0.29) is 29.8 Å². The van der Waals surface area contributed by atoms with Crippen LogP contribution in [0, 0.1) is 17.8 Å². The number of carbonyl (C=O) groups excluding carboxylic acids is 3. The van der Waals surface area contributed by atoms with Gasteiger partial charge in [-0.25, -0.2) is 0 Å². The van der Waals surface area contributed by atoms with E-state index in [1.807, 2.05) is 50.3 Å². The molecular weight excluding hydrogens is 466 g/mol. The first kappa shape index (κ1) is 26.0. The molecule has 1 aromatic carbocycles. The van der Waals surface area contributed by atoms with Gasteiger partial charge in [0.2, 0.25) is 17.7 Å². The second-order valence-corrected chi connectivity index (χ2v) is 11.8. The number of nitrogens with one attached hydrogen (secondary N) is 2. The number of fused-ring (bicyclic) bond motifs is 1. The van der Waals surface area contributed by atoms with Gasteiger partial charge in [-0.05, 0) is 55.7 Å². The molecule has 2 N–H and O–H groups in total. The number of amides is 3. The molecule has 4 aliphatic rings. The van der Waals surface area contributed by atoms with Crippen molar-refractivity contribution in [3.8, 4) is 0 Å². The van der Waals surface area contributed by atoms with Crippen LogP contribution in [0.5, 0.6) is 0 Å². The zero-order valence-corrected chi connectivity index (χ0v) is 22.7. The molecule has 1 saturated carbocycles. The lowest BCUT2D eigenvalue weighted by atomic mass is 9.74. The van der Waals surface area contributed by atoms with Gasteiger partial charge in [-0.15, -0.1) is 0 Å². The van der Waals surface area contributed by atoms with Crippen molar-refractivity contribution in [1.82, 2.24) is 10.2 Å². The van der Waals surface area contributed by atoms with Crippen molar-refractivity contribution < 1.29 is 19.1 Å². The molecule has 0 aromatic heterocycles. The topological polar surface area (TPSA) is 87.7 Å². The highest BCUT2D eigenvalue weighted by atomic mass is 16.5. The molecule has 1 aliphatic carbocycles. The van der Waals surface area contributed by atoms with Crippen LogP contribution >= 0.6 is 0 Å². The van der Waals surface area contributed by atoms with E-state index in [0.717, 1.165) is 19.3 Å². The Balaban J connectivity index is 1.42. The average molecular weight is 508 g/mol. The van der Waals surface area contributed by atoms with Gasteiger partial charge >= 0.3 is 0 Å². The van der Waals surface area contributed by atoms with E-state index in [1.165, 1.54) is 12.0 Å². The second kappa shape index (κ2) is 9.90. The molecule has 3 aliphatic heterocycles. The summed E-state index contributed by atoms with van der Waals surface area (Å²) in [7, 11) is 0. The summed E-state index contributed by atoms with van der Waals surface area (Å²) in [5.74, 6) is -1.16. The van der Waals surface area contributed by atoms with Crippen LogP contribution < -0.4 is 10.6 Å². The van der Waals surface area contributed by atoms with Crippen molar-refractivity contribution in [2.45, 2.75) is 102 Å². The number of anilines is 1. The minimum atomic E-state index is -1.11. The Bertz CT molecular complexity index is 1080. The fraction of sp³-hybridized carbons (Fsp3) is 0.633. The summed E-state index contributed by atoms with van der Waals surface area (Å²) in [6, 6.07) is 7.00. The van der Waals surface area contributed by atoms with Crippen LogP contribution in [-0.2, 0) is 19.1 Å². The monoisotopic (exact) mass is 507 g/mol. The van der Waals surface area contributed by atoms with Crippen molar-refractivity contribution in [1.29, 1.82) is 0 Å². The third-order valence-corrected chi connectivity index (χ3v) is 9.21. The molecule has 8 atom stereocenters. The molecule has 2 saturated heterocycles. The quantitative estimate of drug-likeness (QED) is 0.536. The Kier molecular flexibility index (Phi) is 6.94. The lowest BCUT2D eigenvalue weighted by Gasteiger charge is -2.37. The van der Waals surface area contributed by atoms with Gasteiger partial charge in [-0.3, -0.25) is 14.4 Å². The fourth-order valence-electron chi connectivity index (χ4n) is 6.85. The van der Waals surface area contributed by atoms with Gasteiger partial charge in [-0.1, -0.05) is 64.8 Å². The Morgan fingerprint density at radius 2 is 1.81 bits per heavy atom. The van der Waals surface area contributed by atoms with Crippen molar-refractivity contribution >= 4 is 23.4 Å². The van der Waals surface area contributed by atoms with Crippen molar-refractivity contribution in [2.24, 2.45) is 17.8 Å². The molecule has 37 heavy (non-hydrogen) atoms. The van der Waals surface area contributed by atoms with Gasteiger partial charge in [0, 0.05) is 17.8 Å². The molecule has 7 heteroatoms. The molecule has 7 nitrogen and oxygen atoms in total. The average Bonchev–Trinajstić information content (AvgIpc) is 3.52. The summed E-state index contributed by atoms with van der Waals surface area (Å²) in [5.41, 5.74) is 0.774. The van der Waals surface area contributed by atoms with Crippen LogP contribution in [0.25, 0.3) is 0 Å². The zero-order chi connectivity index (χ0) is 26.5. The molecule has 2 bridgehead atoms. The highest BCUT2D eigenvalue weighted by Gasteiger charge is 2.73. The molecule has 200 valence electrons. The molecule has 1 spiro atoms. The van der Waals surface area contributed by atoms with Crippen LogP contribution in [-0.4, -0.2) is 52.5 Å². The normalized spacial score (nSPS) is 35.1. The Labute approximate surface area is 220 Å². The molecule has 3 heterocycles. The zero-order valence-electron chi connectivity index (χ0n) is 22.7. The number of likely N-dealkylation sites (tertiary alicyclic amines) is 1. The van der Waals surface area contributed by atoms with Gasteiger partial charge in [-0.2, -0.15) is 0 Å². The van der Waals surface area contributed by atoms with E-state index in [0.29, 0.717) is 23.9 Å².